The van der Waals surface area contributed by atoms with Crippen molar-refractivity contribution in [1.29, 1.82) is 0 Å². The number of methoxy groups -OCH3 is 1. The van der Waals surface area contributed by atoms with E-state index in [2.05, 4.69) is 16.8 Å². The molecule has 1 aromatic heterocycles. The van der Waals surface area contributed by atoms with Crippen LogP contribution in [0.1, 0.15) is 20.9 Å². The lowest BCUT2D eigenvalue weighted by atomic mass is 10.1. The maximum absolute atomic E-state index is 12.6. The fourth-order valence-corrected chi connectivity index (χ4v) is 3.59. The average molecular weight is 331 g/mol. The first kappa shape index (κ1) is 15.8. The van der Waals surface area contributed by atoms with Crippen molar-refractivity contribution in [1.82, 2.24) is 9.88 Å². The summed E-state index contributed by atoms with van der Waals surface area (Å²) in [5, 5.41) is 1.06. The Morgan fingerprint density at radius 1 is 1.22 bits per heavy atom. The standard InChI is InChI=1S/C17H21N3O2S/c1-12-13(2)23-17(18-12)20-9-7-19(8-10-20)16(21)14-5-4-6-15(11-14)22-3/h4-6,11H,7-10H2,1-3H3. The number of anilines is 1. The van der Waals surface area contributed by atoms with Crippen molar-refractivity contribution in [2.75, 3.05) is 38.2 Å². The molecule has 6 heteroatoms. The van der Waals surface area contributed by atoms with Gasteiger partial charge < -0.3 is 14.5 Å². The van der Waals surface area contributed by atoms with Crippen LogP contribution in [0.4, 0.5) is 5.13 Å². The Labute approximate surface area is 140 Å². The van der Waals surface area contributed by atoms with E-state index in [1.165, 1.54) is 4.88 Å². The number of benzene rings is 1. The van der Waals surface area contributed by atoms with Crippen molar-refractivity contribution < 1.29 is 9.53 Å². The van der Waals surface area contributed by atoms with Gasteiger partial charge in [0.25, 0.3) is 5.91 Å². The second-order valence-corrected chi connectivity index (χ2v) is 6.83. The van der Waals surface area contributed by atoms with E-state index in [1.54, 1.807) is 24.5 Å². The lowest BCUT2D eigenvalue weighted by Crippen LogP contribution is -2.48. The smallest absolute Gasteiger partial charge is 0.254 e. The van der Waals surface area contributed by atoms with E-state index in [9.17, 15) is 4.79 Å². The third kappa shape index (κ3) is 3.32. The Bertz CT molecular complexity index is 686. The zero-order valence-electron chi connectivity index (χ0n) is 13.7. The molecule has 0 N–H and O–H groups in total. The number of amides is 1. The number of carbonyl (C=O) groups is 1. The van der Waals surface area contributed by atoms with Crippen LogP contribution >= 0.6 is 11.3 Å². The molecule has 122 valence electrons. The summed E-state index contributed by atoms with van der Waals surface area (Å²) in [4.78, 5) is 22.6. The minimum absolute atomic E-state index is 0.0649. The molecule has 0 saturated carbocycles. The fraction of sp³-hybridized carbons (Fsp3) is 0.412. The third-order valence-corrected chi connectivity index (χ3v) is 5.30. The number of hydrogen-bond donors (Lipinski definition) is 0. The average Bonchev–Trinajstić information content (AvgIpc) is 2.93. The summed E-state index contributed by atoms with van der Waals surface area (Å²) >= 11 is 1.73. The molecule has 1 fully saturated rings. The van der Waals surface area contributed by atoms with Crippen LogP contribution in [-0.2, 0) is 0 Å². The molecule has 2 aromatic rings. The molecule has 1 saturated heterocycles. The normalized spacial score (nSPS) is 14.9. The van der Waals surface area contributed by atoms with E-state index in [-0.39, 0.29) is 5.91 Å². The second-order valence-electron chi connectivity index (χ2n) is 5.65. The molecule has 1 aliphatic heterocycles. The predicted octanol–water partition coefficient (Wildman–Crippen LogP) is 2.73. The SMILES string of the molecule is COc1cccc(C(=O)N2CCN(c3nc(C)c(C)s3)CC2)c1. The van der Waals surface area contributed by atoms with Crippen molar-refractivity contribution >= 4 is 22.4 Å². The van der Waals surface area contributed by atoms with Crippen molar-refractivity contribution in [2.24, 2.45) is 0 Å². The van der Waals surface area contributed by atoms with E-state index in [4.69, 9.17) is 4.74 Å². The molecule has 0 bridgehead atoms. The van der Waals surface area contributed by atoms with Crippen LogP contribution in [0.2, 0.25) is 0 Å². The van der Waals surface area contributed by atoms with Crippen molar-refractivity contribution in [3.05, 3.63) is 40.4 Å². The Morgan fingerprint density at radius 3 is 2.57 bits per heavy atom. The van der Waals surface area contributed by atoms with Crippen LogP contribution in [0, 0.1) is 13.8 Å². The number of rotatable bonds is 3. The summed E-state index contributed by atoms with van der Waals surface area (Å²) in [6.07, 6.45) is 0. The molecular formula is C17H21N3O2S. The minimum atomic E-state index is 0.0649. The molecule has 0 spiro atoms. The summed E-state index contributed by atoms with van der Waals surface area (Å²) in [6, 6.07) is 7.33. The molecule has 23 heavy (non-hydrogen) atoms. The second kappa shape index (κ2) is 6.58. The molecule has 5 nitrogen and oxygen atoms in total. The highest BCUT2D eigenvalue weighted by Gasteiger charge is 2.24. The number of thiazole rings is 1. The van der Waals surface area contributed by atoms with E-state index in [0.29, 0.717) is 24.4 Å². The summed E-state index contributed by atoms with van der Waals surface area (Å²) in [5.74, 6) is 0.776. The van der Waals surface area contributed by atoms with Crippen LogP contribution in [-0.4, -0.2) is 49.1 Å². The number of aryl methyl sites for hydroxylation is 2. The van der Waals surface area contributed by atoms with Gasteiger partial charge >= 0.3 is 0 Å². The van der Waals surface area contributed by atoms with Gasteiger partial charge in [-0.3, -0.25) is 4.79 Å². The van der Waals surface area contributed by atoms with Gasteiger partial charge in [0.1, 0.15) is 5.75 Å². The Balaban J connectivity index is 1.65. The molecule has 1 aromatic carbocycles. The first-order valence-electron chi connectivity index (χ1n) is 7.71. The number of hydrogen-bond acceptors (Lipinski definition) is 5. The van der Waals surface area contributed by atoms with Gasteiger partial charge in [-0.2, -0.15) is 0 Å². The molecule has 2 heterocycles. The molecule has 0 atom stereocenters. The van der Waals surface area contributed by atoms with Crippen LogP contribution in [0.5, 0.6) is 5.75 Å². The summed E-state index contributed by atoms with van der Waals surface area (Å²) in [7, 11) is 1.61. The Morgan fingerprint density at radius 2 is 1.96 bits per heavy atom. The Hall–Kier alpha value is -2.08. The monoisotopic (exact) mass is 331 g/mol. The lowest BCUT2D eigenvalue weighted by molar-refractivity contribution is 0.0746. The highest BCUT2D eigenvalue weighted by atomic mass is 32.1. The number of piperazine rings is 1. The molecule has 0 radical (unpaired) electrons. The van der Waals surface area contributed by atoms with Crippen LogP contribution in [0.3, 0.4) is 0 Å². The number of aromatic nitrogens is 1. The molecule has 0 unspecified atom stereocenters. The molecule has 3 rings (SSSR count). The quantitative estimate of drug-likeness (QED) is 0.867. The van der Waals surface area contributed by atoms with E-state index in [0.717, 1.165) is 23.9 Å². The first-order valence-corrected chi connectivity index (χ1v) is 8.52. The third-order valence-electron chi connectivity index (χ3n) is 4.17. The predicted molar refractivity (Wildman–Crippen MR) is 92.7 cm³/mol. The van der Waals surface area contributed by atoms with E-state index < -0.39 is 0 Å². The minimum Gasteiger partial charge on any atom is -0.497 e. The lowest BCUT2D eigenvalue weighted by Gasteiger charge is -2.34. The van der Waals surface area contributed by atoms with Gasteiger partial charge in [0.15, 0.2) is 5.13 Å². The summed E-state index contributed by atoms with van der Waals surface area (Å²) < 4.78 is 5.19. The first-order chi connectivity index (χ1) is 11.1. The summed E-state index contributed by atoms with van der Waals surface area (Å²) in [6.45, 7) is 7.21. The zero-order valence-corrected chi connectivity index (χ0v) is 14.5. The maximum atomic E-state index is 12.6. The van der Waals surface area contributed by atoms with E-state index >= 15 is 0 Å². The van der Waals surface area contributed by atoms with Gasteiger partial charge in [0, 0.05) is 36.6 Å². The van der Waals surface area contributed by atoms with Gasteiger partial charge in [-0.1, -0.05) is 6.07 Å². The largest absolute Gasteiger partial charge is 0.497 e. The number of ether oxygens (including phenoxy) is 1. The van der Waals surface area contributed by atoms with Crippen molar-refractivity contribution in [3.8, 4) is 5.75 Å². The van der Waals surface area contributed by atoms with E-state index in [1.807, 2.05) is 30.0 Å². The van der Waals surface area contributed by atoms with Crippen molar-refractivity contribution in [2.45, 2.75) is 13.8 Å². The number of carbonyl (C=O) groups excluding carboxylic acids is 1. The number of nitrogens with zero attached hydrogens (tertiary/aromatic N) is 3. The highest BCUT2D eigenvalue weighted by molar-refractivity contribution is 7.15. The van der Waals surface area contributed by atoms with Crippen molar-refractivity contribution in [3.63, 3.8) is 0 Å². The highest BCUT2D eigenvalue weighted by Crippen LogP contribution is 2.26. The fourth-order valence-electron chi connectivity index (χ4n) is 2.63. The van der Waals surface area contributed by atoms with Gasteiger partial charge in [0.2, 0.25) is 0 Å². The molecular weight excluding hydrogens is 310 g/mol. The van der Waals surface area contributed by atoms with Gasteiger partial charge in [0.05, 0.1) is 12.8 Å². The molecule has 0 aliphatic carbocycles. The molecule has 1 aliphatic rings. The van der Waals surface area contributed by atoms with Gasteiger partial charge in [-0.05, 0) is 32.0 Å². The molecule has 1 amide bonds. The maximum Gasteiger partial charge on any atom is 0.254 e. The van der Waals surface area contributed by atoms with Gasteiger partial charge in [-0.15, -0.1) is 11.3 Å². The van der Waals surface area contributed by atoms with Crippen LogP contribution in [0.25, 0.3) is 0 Å². The van der Waals surface area contributed by atoms with Gasteiger partial charge in [-0.25, -0.2) is 4.98 Å². The Kier molecular flexibility index (Phi) is 4.52. The van der Waals surface area contributed by atoms with Crippen LogP contribution < -0.4 is 9.64 Å². The summed E-state index contributed by atoms with van der Waals surface area (Å²) in [5.41, 5.74) is 1.78. The van der Waals surface area contributed by atoms with Crippen LogP contribution in [0.15, 0.2) is 24.3 Å². The topological polar surface area (TPSA) is 45.7 Å². The zero-order chi connectivity index (χ0) is 16.4.